The van der Waals surface area contributed by atoms with Gasteiger partial charge in [0.2, 0.25) is 0 Å². The van der Waals surface area contributed by atoms with E-state index in [2.05, 4.69) is 0 Å². The Morgan fingerprint density at radius 1 is 1.43 bits per heavy atom. The highest BCUT2D eigenvalue weighted by Gasteiger charge is 2.48. The summed E-state index contributed by atoms with van der Waals surface area (Å²) in [5.41, 5.74) is -1.07. The summed E-state index contributed by atoms with van der Waals surface area (Å²) in [4.78, 5) is 9.89. The van der Waals surface area contributed by atoms with Crippen LogP contribution in [0.3, 0.4) is 0 Å². The third kappa shape index (κ3) is 4.44. The van der Waals surface area contributed by atoms with Crippen LogP contribution in [-0.4, -0.2) is 57.5 Å². The molecule has 3 N–H and O–H groups in total. The van der Waals surface area contributed by atoms with Gasteiger partial charge in [0, 0.05) is 12.4 Å². The molecule has 0 aromatic heterocycles. The van der Waals surface area contributed by atoms with Gasteiger partial charge in [-0.05, 0) is 27.2 Å². The summed E-state index contributed by atoms with van der Waals surface area (Å²) in [7, 11) is 1.35. The number of hydrogen-bond donors (Lipinski definition) is 3. The van der Waals surface area contributed by atoms with Gasteiger partial charge in [0.25, 0.3) is 0 Å². The molecule has 6 nitrogen and oxygen atoms in total. The van der Waals surface area contributed by atoms with Gasteiger partial charge < -0.3 is 24.4 Å². The van der Waals surface area contributed by atoms with Gasteiger partial charge >= 0.3 is 7.60 Å². The van der Waals surface area contributed by atoms with Crippen molar-refractivity contribution >= 4 is 27.0 Å². The Kier molecular flexibility index (Phi) is 6.00. The maximum absolute atomic E-state index is 12.1. The predicted molar refractivity (Wildman–Crippen MR) is 80.6 cm³/mol. The van der Waals surface area contributed by atoms with Crippen LogP contribution in [0.5, 0.6) is 0 Å². The quantitative estimate of drug-likeness (QED) is 0.383. The molecule has 1 aliphatic heterocycles. The van der Waals surface area contributed by atoms with Gasteiger partial charge in [0.15, 0.2) is 5.34 Å². The zero-order chi connectivity index (χ0) is 16.6. The molecule has 0 saturated carbocycles. The van der Waals surface area contributed by atoms with Crippen molar-refractivity contribution in [3.05, 3.63) is 0 Å². The number of alkyl halides is 1. The molecule has 1 saturated heterocycles. The molecule has 0 bridgehead atoms. The lowest BCUT2D eigenvalue weighted by Gasteiger charge is -2.36. The Hall–Kier alpha value is 0.385. The minimum atomic E-state index is -4.27. The second kappa shape index (κ2) is 6.48. The Bertz CT molecular complexity index is 417. The van der Waals surface area contributed by atoms with Crippen molar-refractivity contribution in [1.82, 2.24) is 0 Å². The van der Waals surface area contributed by atoms with Crippen LogP contribution in [0.1, 0.15) is 40.5 Å². The van der Waals surface area contributed by atoms with Crippen molar-refractivity contribution in [3.63, 3.8) is 0 Å². The fraction of sp³-hybridized carbons (Fsp3) is 1.00. The number of aliphatic hydroxyl groups is 2. The first-order chi connectivity index (χ1) is 9.33. The molecule has 1 rings (SSSR count). The van der Waals surface area contributed by atoms with Crippen LogP contribution in [0.4, 0.5) is 0 Å². The van der Waals surface area contributed by atoms with Crippen molar-refractivity contribution < 1.29 is 28.9 Å². The Balaban J connectivity index is 2.85. The van der Waals surface area contributed by atoms with Crippen LogP contribution < -0.4 is 0 Å². The minimum absolute atomic E-state index is 0.127. The van der Waals surface area contributed by atoms with Gasteiger partial charge in [-0.1, -0.05) is 6.92 Å². The lowest BCUT2D eigenvalue weighted by Crippen LogP contribution is -2.39. The SMILES string of the molecule is [B][C@@H]1O[C@H](CC(C)(CC)OP(=O)(O)C(C)(C)O)[C@@H](O)[C@H]1Cl. The average molecular weight is 341 g/mol. The van der Waals surface area contributed by atoms with Gasteiger partial charge in [-0.25, -0.2) is 0 Å². The molecule has 2 unspecified atom stereocenters. The fourth-order valence-electron chi connectivity index (χ4n) is 2.01. The van der Waals surface area contributed by atoms with E-state index in [-0.39, 0.29) is 6.42 Å². The molecule has 0 amide bonds. The molecular formula is C12H23BClO6P. The first-order valence-electron chi connectivity index (χ1n) is 6.82. The third-order valence-corrected chi connectivity index (χ3v) is 6.35. The van der Waals surface area contributed by atoms with Crippen LogP contribution >= 0.6 is 19.2 Å². The maximum Gasteiger partial charge on any atom is 0.359 e. The maximum atomic E-state index is 12.1. The number of aliphatic hydroxyl groups excluding tert-OH is 1. The summed E-state index contributed by atoms with van der Waals surface area (Å²) < 4.78 is 22.8. The highest BCUT2D eigenvalue weighted by molar-refractivity contribution is 7.54. The van der Waals surface area contributed by atoms with Crippen LogP contribution in [0.2, 0.25) is 0 Å². The summed E-state index contributed by atoms with van der Waals surface area (Å²) in [6, 6.07) is -0.803. The molecule has 6 atom stereocenters. The molecule has 0 aromatic rings. The summed E-state index contributed by atoms with van der Waals surface area (Å²) in [6.07, 6.45) is -1.18. The molecular weight excluding hydrogens is 317 g/mol. The lowest BCUT2D eigenvalue weighted by molar-refractivity contribution is -0.0412. The van der Waals surface area contributed by atoms with E-state index in [4.69, 9.17) is 28.7 Å². The summed E-state index contributed by atoms with van der Waals surface area (Å²) >= 11 is 5.90. The Morgan fingerprint density at radius 3 is 2.29 bits per heavy atom. The van der Waals surface area contributed by atoms with Gasteiger partial charge in [-0.15, -0.1) is 11.6 Å². The zero-order valence-electron chi connectivity index (χ0n) is 12.7. The molecule has 0 aromatic carbocycles. The van der Waals surface area contributed by atoms with Crippen LogP contribution in [0.25, 0.3) is 0 Å². The smallest absolute Gasteiger partial charge is 0.359 e. The Labute approximate surface area is 131 Å². The van der Waals surface area contributed by atoms with Crippen molar-refractivity contribution in [3.8, 4) is 0 Å². The molecule has 122 valence electrons. The van der Waals surface area contributed by atoms with E-state index in [0.717, 1.165) is 0 Å². The van der Waals surface area contributed by atoms with Gasteiger partial charge in [-0.2, -0.15) is 0 Å². The van der Waals surface area contributed by atoms with Crippen molar-refractivity contribution in [1.29, 1.82) is 0 Å². The van der Waals surface area contributed by atoms with Crippen molar-refractivity contribution in [2.45, 2.75) is 75.1 Å². The lowest BCUT2D eigenvalue weighted by atomic mass is 9.91. The molecule has 1 fully saturated rings. The average Bonchev–Trinajstić information content (AvgIpc) is 2.55. The van der Waals surface area contributed by atoms with E-state index in [1.54, 1.807) is 13.8 Å². The number of hydrogen-bond acceptors (Lipinski definition) is 5. The third-order valence-electron chi connectivity index (χ3n) is 3.77. The molecule has 21 heavy (non-hydrogen) atoms. The number of ether oxygens (including phenoxy) is 1. The largest absolute Gasteiger partial charge is 0.389 e. The molecule has 9 heteroatoms. The van der Waals surface area contributed by atoms with E-state index in [1.807, 2.05) is 0 Å². The van der Waals surface area contributed by atoms with Crippen molar-refractivity contribution in [2.75, 3.05) is 0 Å². The topological polar surface area (TPSA) is 96.2 Å². The van der Waals surface area contributed by atoms with Crippen LogP contribution in [0.15, 0.2) is 0 Å². The second-order valence-corrected chi connectivity index (χ2v) is 9.01. The van der Waals surface area contributed by atoms with Gasteiger partial charge in [-0.3, -0.25) is 4.57 Å². The summed E-state index contributed by atoms with van der Waals surface area (Å²) in [5, 5.41) is 17.1. The first kappa shape index (κ1) is 19.4. The zero-order valence-corrected chi connectivity index (χ0v) is 14.3. The van der Waals surface area contributed by atoms with E-state index >= 15 is 0 Å². The second-order valence-electron chi connectivity index (χ2n) is 6.19. The van der Waals surface area contributed by atoms with Crippen LogP contribution in [-0.2, 0) is 13.8 Å². The highest BCUT2D eigenvalue weighted by atomic mass is 35.5. The predicted octanol–water partition coefficient (Wildman–Crippen LogP) is 1.34. The number of halogens is 1. The molecule has 1 heterocycles. The normalized spacial score (nSPS) is 36.2. The molecule has 2 radical (unpaired) electrons. The highest BCUT2D eigenvalue weighted by Crippen LogP contribution is 2.57. The molecule has 1 aliphatic rings. The molecule has 0 aliphatic carbocycles. The first-order valence-corrected chi connectivity index (χ1v) is 8.83. The molecule has 0 spiro atoms. The fourth-order valence-corrected chi connectivity index (χ4v) is 3.25. The van der Waals surface area contributed by atoms with Crippen LogP contribution in [0, 0.1) is 0 Å². The van der Waals surface area contributed by atoms with Crippen molar-refractivity contribution in [2.24, 2.45) is 0 Å². The van der Waals surface area contributed by atoms with E-state index < -0.39 is 42.1 Å². The van der Waals surface area contributed by atoms with Gasteiger partial charge in [0.1, 0.15) is 7.85 Å². The standard InChI is InChI=1S/C12H23BClO6P/c1-5-12(4,20-21(17,18)11(2,3)16)6-7-9(15)8(14)10(13)19-7/h7-10,15-16H,5-6H2,1-4H3,(H,17,18)/t7-,8-,9-,10-,12?/m1/s1. The minimum Gasteiger partial charge on any atom is -0.389 e. The monoisotopic (exact) mass is 340 g/mol. The Morgan fingerprint density at radius 2 is 1.95 bits per heavy atom. The van der Waals surface area contributed by atoms with E-state index in [9.17, 15) is 19.7 Å². The number of rotatable bonds is 6. The van der Waals surface area contributed by atoms with E-state index in [1.165, 1.54) is 13.8 Å². The van der Waals surface area contributed by atoms with E-state index in [0.29, 0.717) is 6.42 Å². The summed E-state index contributed by atoms with van der Waals surface area (Å²) in [5.74, 6) is 0. The summed E-state index contributed by atoms with van der Waals surface area (Å²) in [6.45, 7) is 5.79. The van der Waals surface area contributed by atoms with Gasteiger partial charge in [0.05, 0.1) is 23.2 Å².